The summed E-state index contributed by atoms with van der Waals surface area (Å²) in [6.07, 6.45) is 3.79. The summed E-state index contributed by atoms with van der Waals surface area (Å²) in [5, 5.41) is 13.2. The molecule has 0 aromatic heterocycles. The van der Waals surface area contributed by atoms with Crippen LogP contribution < -0.4 is 5.32 Å². The fourth-order valence-electron chi connectivity index (χ4n) is 1.86. The minimum atomic E-state index is 0.140. The zero-order chi connectivity index (χ0) is 10.8. The predicted molar refractivity (Wildman–Crippen MR) is 63.5 cm³/mol. The lowest BCUT2D eigenvalue weighted by Gasteiger charge is -2.17. The Balaban J connectivity index is 2.05. The Bertz CT molecular complexity index is 349. The first-order valence-electron chi connectivity index (χ1n) is 5.45. The van der Waals surface area contributed by atoms with Crippen LogP contribution in [0.4, 0.5) is 5.69 Å². The van der Waals surface area contributed by atoms with Gasteiger partial charge in [-0.3, -0.25) is 0 Å². The molecule has 1 unspecified atom stereocenters. The second kappa shape index (κ2) is 4.31. The lowest BCUT2D eigenvalue weighted by atomic mass is 10.1. The van der Waals surface area contributed by atoms with Crippen molar-refractivity contribution in [2.75, 3.05) is 5.32 Å². The Hall–Kier alpha value is -0.890. The highest BCUT2D eigenvalue weighted by Gasteiger charge is 2.29. The topological polar surface area (TPSA) is 32.3 Å². The van der Waals surface area contributed by atoms with E-state index in [0.29, 0.717) is 11.1 Å². The van der Waals surface area contributed by atoms with Crippen molar-refractivity contribution < 1.29 is 5.11 Å². The van der Waals surface area contributed by atoms with Crippen molar-refractivity contribution in [3.05, 3.63) is 23.2 Å². The maximum Gasteiger partial charge on any atom is 0.134 e. The second-order valence-electron chi connectivity index (χ2n) is 4.16. The molecule has 0 bridgehead atoms. The molecule has 82 valence electrons. The maximum atomic E-state index is 9.30. The van der Waals surface area contributed by atoms with Crippen molar-refractivity contribution in [2.24, 2.45) is 5.92 Å². The summed E-state index contributed by atoms with van der Waals surface area (Å²) in [6, 6.07) is 5.82. The molecule has 1 aromatic rings. The molecule has 0 radical (unpaired) electrons. The Labute approximate surface area is 95.3 Å². The van der Waals surface area contributed by atoms with E-state index in [1.807, 2.05) is 6.07 Å². The summed E-state index contributed by atoms with van der Waals surface area (Å²) in [6.45, 7) is 2.19. The molecule has 2 nitrogen and oxygen atoms in total. The number of hydrogen-bond donors (Lipinski definition) is 2. The number of rotatable bonds is 4. The minimum absolute atomic E-state index is 0.140. The number of aromatic hydroxyl groups is 1. The standard InChI is InChI=1S/C12H16ClNO/c1-2-11(8-3-4-8)14-9-5-6-12(15)10(13)7-9/h5-8,11,14-15H,2-4H2,1H3. The highest BCUT2D eigenvalue weighted by Crippen LogP contribution is 2.36. The van der Waals surface area contributed by atoms with Crippen LogP contribution in [-0.2, 0) is 0 Å². The normalized spacial score (nSPS) is 17.5. The first kappa shape index (κ1) is 10.6. The lowest BCUT2D eigenvalue weighted by Crippen LogP contribution is -2.20. The quantitative estimate of drug-likeness (QED) is 0.767. The van der Waals surface area contributed by atoms with Gasteiger partial charge < -0.3 is 10.4 Å². The molecule has 1 saturated carbocycles. The minimum Gasteiger partial charge on any atom is -0.506 e. The molecule has 0 spiro atoms. The Morgan fingerprint density at radius 2 is 2.27 bits per heavy atom. The fourth-order valence-corrected chi connectivity index (χ4v) is 2.04. The first-order valence-corrected chi connectivity index (χ1v) is 5.83. The van der Waals surface area contributed by atoms with E-state index in [1.54, 1.807) is 12.1 Å². The van der Waals surface area contributed by atoms with Crippen molar-refractivity contribution in [1.82, 2.24) is 0 Å². The molecule has 2 rings (SSSR count). The highest BCUT2D eigenvalue weighted by molar-refractivity contribution is 6.32. The molecule has 1 fully saturated rings. The molecule has 2 N–H and O–H groups in total. The number of anilines is 1. The van der Waals surface area contributed by atoms with Crippen molar-refractivity contribution in [3.63, 3.8) is 0 Å². The van der Waals surface area contributed by atoms with E-state index in [-0.39, 0.29) is 5.75 Å². The smallest absolute Gasteiger partial charge is 0.134 e. The molecular weight excluding hydrogens is 210 g/mol. The average Bonchev–Trinajstić information content (AvgIpc) is 3.03. The van der Waals surface area contributed by atoms with E-state index in [2.05, 4.69) is 12.2 Å². The zero-order valence-corrected chi connectivity index (χ0v) is 9.59. The highest BCUT2D eigenvalue weighted by atomic mass is 35.5. The van der Waals surface area contributed by atoms with Gasteiger partial charge in [0.15, 0.2) is 0 Å². The van der Waals surface area contributed by atoms with Gasteiger partial charge >= 0.3 is 0 Å². The van der Waals surface area contributed by atoms with E-state index in [9.17, 15) is 5.11 Å². The fraction of sp³-hybridized carbons (Fsp3) is 0.500. The van der Waals surface area contributed by atoms with Crippen LogP contribution in [-0.4, -0.2) is 11.1 Å². The van der Waals surface area contributed by atoms with E-state index >= 15 is 0 Å². The van der Waals surface area contributed by atoms with Crippen molar-refractivity contribution >= 4 is 17.3 Å². The Morgan fingerprint density at radius 1 is 1.53 bits per heavy atom. The van der Waals surface area contributed by atoms with E-state index in [4.69, 9.17) is 11.6 Å². The molecule has 1 aliphatic rings. The summed E-state index contributed by atoms with van der Waals surface area (Å²) in [5.41, 5.74) is 0.997. The van der Waals surface area contributed by atoms with Gasteiger partial charge in [0.05, 0.1) is 5.02 Å². The number of halogens is 1. The van der Waals surface area contributed by atoms with Gasteiger partial charge in [-0.05, 0) is 43.4 Å². The molecule has 1 aromatic carbocycles. The maximum absolute atomic E-state index is 9.30. The van der Waals surface area contributed by atoms with E-state index in [0.717, 1.165) is 18.0 Å². The van der Waals surface area contributed by atoms with Crippen LogP contribution in [0.3, 0.4) is 0 Å². The third kappa shape index (κ3) is 2.57. The van der Waals surface area contributed by atoms with Gasteiger partial charge in [0.25, 0.3) is 0 Å². The molecule has 0 saturated heterocycles. The van der Waals surface area contributed by atoms with Gasteiger partial charge in [-0.25, -0.2) is 0 Å². The molecule has 1 atom stereocenters. The summed E-state index contributed by atoms with van der Waals surface area (Å²) >= 11 is 5.85. The second-order valence-corrected chi connectivity index (χ2v) is 4.57. The van der Waals surface area contributed by atoms with Crippen LogP contribution in [0.1, 0.15) is 26.2 Å². The number of nitrogens with one attached hydrogen (secondary N) is 1. The van der Waals surface area contributed by atoms with Crippen molar-refractivity contribution in [1.29, 1.82) is 0 Å². The molecule has 0 heterocycles. The van der Waals surface area contributed by atoms with Gasteiger partial charge in [0, 0.05) is 11.7 Å². The summed E-state index contributed by atoms with van der Waals surface area (Å²) < 4.78 is 0. The SMILES string of the molecule is CCC(Nc1ccc(O)c(Cl)c1)C1CC1. The molecular formula is C12H16ClNO. The van der Waals surface area contributed by atoms with E-state index < -0.39 is 0 Å². The molecule has 0 aliphatic heterocycles. The number of phenolic OH excluding ortho intramolecular Hbond substituents is 1. The molecule has 3 heteroatoms. The number of benzene rings is 1. The average molecular weight is 226 g/mol. The third-order valence-corrected chi connectivity index (χ3v) is 3.23. The zero-order valence-electron chi connectivity index (χ0n) is 8.83. The van der Waals surface area contributed by atoms with Crippen LogP contribution in [0.15, 0.2) is 18.2 Å². The van der Waals surface area contributed by atoms with Gasteiger partial charge in [0.2, 0.25) is 0 Å². The third-order valence-electron chi connectivity index (χ3n) is 2.93. The van der Waals surface area contributed by atoms with Crippen molar-refractivity contribution in [3.8, 4) is 5.75 Å². The summed E-state index contributed by atoms with van der Waals surface area (Å²) in [7, 11) is 0. The lowest BCUT2D eigenvalue weighted by molar-refractivity contribution is 0.475. The summed E-state index contributed by atoms with van der Waals surface area (Å²) in [4.78, 5) is 0. The van der Waals surface area contributed by atoms with E-state index in [1.165, 1.54) is 12.8 Å². The van der Waals surface area contributed by atoms with Crippen LogP contribution in [0.5, 0.6) is 5.75 Å². The predicted octanol–water partition coefficient (Wildman–Crippen LogP) is 3.65. The number of hydrogen-bond acceptors (Lipinski definition) is 2. The monoisotopic (exact) mass is 225 g/mol. The largest absolute Gasteiger partial charge is 0.506 e. The Morgan fingerprint density at radius 3 is 2.80 bits per heavy atom. The summed E-state index contributed by atoms with van der Waals surface area (Å²) in [5.74, 6) is 0.962. The van der Waals surface area contributed by atoms with Crippen LogP contribution in [0.25, 0.3) is 0 Å². The van der Waals surface area contributed by atoms with Gasteiger partial charge in [-0.15, -0.1) is 0 Å². The molecule has 1 aliphatic carbocycles. The van der Waals surface area contributed by atoms with Crippen LogP contribution in [0.2, 0.25) is 5.02 Å². The van der Waals surface area contributed by atoms with Crippen LogP contribution in [0, 0.1) is 5.92 Å². The molecule has 0 amide bonds. The van der Waals surface area contributed by atoms with Crippen LogP contribution >= 0.6 is 11.6 Å². The van der Waals surface area contributed by atoms with Gasteiger partial charge in [0.1, 0.15) is 5.75 Å². The first-order chi connectivity index (χ1) is 7.20. The Kier molecular flexibility index (Phi) is 3.06. The molecule has 15 heavy (non-hydrogen) atoms. The number of phenols is 1. The van der Waals surface area contributed by atoms with Gasteiger partial charge in [-0.1, -0.05) is 18.5 Å². The van der Waals surface area contributed by atoms with Crippen molar-refractivity contribution in [2.45, 2.75) is 32.2 Å². The van der Waals surface area contributed by atoms with Gasteiger partial charge in [-0.2, -0.15) is 0 Å².